The van der Waals surface area contributed by atoms with Gasteiger partial charge < -0.3 is 14.7 Å². The Morgan fingerprint density at radius 3 is 2.27 bits per heavy atom. The number of likely N-dealkylation sites (N-methyl/N-ethyl adjacent to an activating group) is 1. The van der Waals surface area contributed by atoms with Gasteiger partial charge in [0.15, 0.2) is 0 Å². The second-order valence-corrected chi connectivity index (χ2v) is 5.33. The quantitative estimate of drug-likeness (QED) is 0.921. The summed E-state index contributed by atoms with van der Waals surface area (Å²) >= 11 is 5.83. The van der Waals surface area contributed by atoms with E-state index in [0.717, 1.165) is 11.3 Å². The normalized spacial score (nSPS) is 11.8. The molecule has 1 N–H and O–H groups in total. The van der Waals surface area contributed by atoms with Crippen molar-refractivity contribution in [2.24, 2.45) is 0 Å². The highest BCUT2D eigenvalue weighted by Gasteiger charge is 2.22. The van der Waals surface area contributed by atoms with Crippen LogP contribution in [0.1, 0.15) is 22.0 Å². The van der Waals surface area contributed by atoms with Crippen LogP contribution in [0.15, 0.2) is 48.5 Å². The average molecular weight is 320 g/mol. The molecule has 2 aromatic carbocycles. The van der Waals surface area contributed by atoms with Crippen molar-refractivity contribution in [3.63, 3.8) is 0 Å². The lowest BCUT2D eigenvalue weighted by molar-refractivity contribution is 0.0658. The summed E-state index contributed by atoms with van der Waals surface area (Å²) in [4.78, 5) is 14.0. The van der Waals surface area contributed by atoms with Crippen molar-refractivity contribution in [3.8, 4) is 5.75 Å². The molecule has 5 heteroatoms. The SMILES string of the molecule is COc1ccc(C(CO)N(C)C(=O)c2ccc(Cl)cc2)cc1. The second-order valence-electron chi connectivity index (χ2n) is 4.89. The van der Waals surface area contributed by atoms with E-state index in [2.05, 4.69) is 0 Å². The van der Waals surface area contributed by atoms with E-state index < -0.39 is 6.04 Å². The minimum atomic E-state index is -0.422. The maximum Gasteiger partial charge on any atom is 0.254 e. The van der Waals surface area contributed by atoms with Crippen LogP contribution < -0.4 is 4.74 Å². The predicted molar refractivity (Wildman–Crippen MR) is 86.4 cm³/mol. The van der Waals surface area contributed by atoms with Gasteiger partial charge in [-0.3, -0.25) is 4.79 Å². The standard InChI is InChI=1S/C17H18ClNO3/c1-19(17(21)13-3-7-14(18)8-4-13)16(11-20)12-5-9-15(22-2)10-6-12/h3-10,16,20H,11H2,1-2H3. The summed E-state index contributed by atoms with van der Waals surface area (Å²) in [7, 11) is 3.26. The van der Waals surface area contributed by atoms with Gasteiger partial charge in [0, 0.05) is 17.6 Å². The van der Waals surface area contributed by atoms with Crippen molar-refractivity contribution < 1.29 is 14.6 Å². The number of methoxy groups -OCH3 is 1. The number of benzene rings is 2. The lowest BCUT2D eigenvalue weighted by atomic mass is 10.0. The highest BCUT2D eigenvalue weighted by atomic mass is 35.5. The number of hydrogen-bond acceptors (Lipinski definition) is 3. The molecule has 0 aliphatic carbocycles. The number of carbonyl (C=O) groups is 1. The summed E-state index contributed by atoms with van der Waals surface area (Å²) in [5.41, 5.74) is 1.37. The van der Waals surface area contributed by atoms with Crippen LogP contribution in [-0.4, -0.2) is 36.7 Å². The van der Waals surface area contributed by atoms with Crippen LogP contribution in [0.4, 0.5) is 0 Å². The van der Waals surface area contributed by atoms with E-state index in [4.69, 9.17) is 16.3 Å². The van der Waals surface area contributed by atoms with Crippen LogP contribution in [0, 0.1) is 0 Å². The van der Waals surface area contributed by atoms with Gasteiger partial charge >= 0.3 is 0 Å². The van der Waals surface area contributed by atoms with Crippen LogP contribution in [0.5, 0.6) is 5.75 Å². The van der Waals surface area contributed by atoms with Crippen molar-refractivity contribution in [2.45, 2.75) is 6.04 Å². The summed E-state index contributed by atoms with van der Waals surface area (Å²) in [5.74, 6) is 0.554. The Morgan fingerprint density at radius 2 is 1.77 bits per heavy atom. The molecule has 0 fully saturated rings. The molecule has 0 aliphatic heterocycles. The smallest absolute Gasteiger partial charge is 0.254 e. The van der Waals surface area contributed by atoms with Gasteiger partial charge in [0.25, 0.3) is 5.91 Å². The highest BCUT2D eigenvalue weighted by molar-refractivity contribution is 6.30. The first-order valence-electron chi connectivity index (χ1n) is 6.84. The third-order valence-electron chi connectivity index (χ3n) is 3.55. The number of aliphatic hydroxyl groups is 1. The molecule has 116 valence electrons. The average Bonchev–Trinajstić information content (AvgIpc) is 2.56. The molecule has 1 amide bonds. The first kappa shape index (κ1) is 16.3. The third kappa shape index (κ3) is 3.59. The lowest BCUT2D eigenvalue weighted by Crippen LogP contribution is -2.33. The molecule has 0 heterocycles. The first-order chi connectivity index (χ1) is 10.6. The van der Waals surface area contributed by atoms with Crippen molar-refractivity contribution >= 4 is 17.5 Å². The molecule has 1 unspecified atom stereocenters. The fourth-order valence-electron chi connectivity index (χ4n) is 2.22. The van der Waals surface area contributed by atoms with Gasteiger partial charge in [-0.05, 0) is 42.0 Å². The monoisotopic (exact) mass is 319 g/mol. The van der Waals surface area contributed by atoms with Crippen LogP contribution >= 0.6 is 11.6 Å². The van der Waals surface area contributed by atoms with Gasteiger partial charge in [0.1, 0.15) is 5.75 Å². The van der Waals surface area contributed by atoms with Crippen LogP contribution in [0.3, 0.4) is 0 Å². The molecule has 0 saturated carbocycles. The van der Waals surface area contributed by atoms with Crippen molar-refractivity contribution in [1.29, 1.82) is 0 Å². The third-order valence-corrected chi connectivity index (χ3v) is 3.80. The van der Waals surface area contributed by atoms with E-state index in [1.54, 1.807) is 50.6 Å². The van der Waals surface area contributed by atoms with Crippen molar-refractivity contribution in [2.75, 3.05) is 20.8 Å². The number of nitrogens with zero attached hydrogens (tertiary/aromatic N) is 1. The zero-order chi connectivity index (χ0) is 16.1. The fraction of sp³-hybridized carbons (Fsp3) is 0.235. The summed E-state index contributed by atoms with van der Waals surface area (Å²) in [6.07, 6.45) is 0. The van der Waals surface area contributed by atoms with Gasteiger partial charge in [0.05, 0.1) is 19.8 Å². The first-order valence-corrected chi connectivity index (χ1v) is 7.22. The molecule has 0 spiro atoms. The van der Waals surface area contributed by atoms with Crippen LogP contribution in [-0.2, 0) is 0 Å². The van der Waals surface area contributed by atoms with E-state index in [9.17, 15) is 9.90 Å². The number of aliphatic hydroxyl groups excluding tert-OH is 1. The number of amides is 1. The van der Waals surface area contributed by atoms with Crippen molar-refractivity contribution in [1.82, 2.24) is 4.90 Å². The Bertz CT molecular complexity index is 625. The Labute approximate surface area is 134 Å². The number of hydrogen-bond donors (Lipinski definition) is 1. The highest BCUT2D eigenvalue weighted by Crippen LogP contribution is 2.23. The molecular weight excluding hydrogens is 302 g/mol. The fourth-order valence-corrected chi connectivity index (χ4v) is 2.34. The van der Waals surface area contributed by atoms with Crippen molar-refractivity contribution in [3.05, 3.63) is 64.7 Å². The van der Waals surface area contributed by atoms with Crippen LogP contribution in [0.25, 0.3) is 0 Å². The molecule has 2 aromatic rings. The molecule has 0 aromatic heterocycles. The van der Waals surface area contributed by atoms with Crippen LogP contribution in [0.2, 0.25) is 5.02 Å². The lowest BCUT2D eigenvalue weighted by Gasteiger charge is -2.27. The summed E-state index contributed by atoms with van der Waals surface area (Å²) < 4.78 is 5.12. The summed E-state index contributed by atoms with van der Waals surface area (Å²) in [6.45, 7) is -0.165. The Balaban J connectivity index is 2.21. The maximum absolute atomic E-state index is 12.5. The van der Waals surface area contributed by atoms with E-state index in [-0.39, 0.29) is 12.5 Å². The topological polar surface area (TPSA) is 49.8 Å². The maximum atomic E-state index is 12.5. The minimum absolute atomic E-state index is 0.165. The zero-order valence-corrected chi connectivity index (χ0v) is 13.2. The number of ether oxygens (including phenoxy) is 1. The van der Waals surface area contributed by atoms with Gasteiger partial charge in [0.2, 0.25) is 0 Å². The zero-order valence-electron chi connectivity index (χ0n) is 12.5. The van der Waals surface area contributed by atoms with Gasteiger partial charge in [-0.1, -0.05) is 23.7 Å². The summed E-state index contributed by atoms with van der Waals surface area (Å²) in [5, 5.41) is 10.2. The summed E-state index contributed by atoms with van der Waals surface area (Å²) in [6, 6.07) is 13.5. The minimum Gasteiger partial charge on any atom is -0.497 e. The molecule has 0 aliphatic rings. The molecular formula is C17H18ClNO3. The Hall–Kier alpha value is -2.04. The van der Waals surface area contributed by atoms with E-state index in [1.165, 1.54) is 4.90 Å². The second kappa shape index (κ2) is 7.29. The molecule has 0 bridgehead atoms. The molecule has 22 heavy (non-hydrogen) atoms. The van der Waals surface area contributed by atoms with E-state index in [0.29, 0.717) is 10.6 Å². The molecule has 4 nitrogen and oxygen atoms in total. The van der Waals surface area contributed by atoms with Gasteiger partial charge in [-0.25, -0.2) is 0 Å². The molecule has 0 saturated heterocycles. The Kier molecular flexibility index (Phi) is 5.41. The number of carbonyl (C=O) groups excluding carboxylic acids is 1. The van der Waals surface area contributed by atoms with Gasteiger partial charge in [-0.15, -0.1) is 0 Å². The largest absolute Gasteiger partial charge is 0.497 e. The predicted octanol–water partition coefficient (Wildman–Crippen LogP) is 3.15. The Morgan fingerprint density at radius 1 is 1.18 bits per heavy atom. The number of halogens is 1. The van der Waals surface area contributed by atoms with E-state index in [1.807, 2.05) is 12.1 Å². The molecule has 1 atom stereocenters. The van der Waals surface area contributed by atoms with Gasteiger partial charge in [-0.2, -0.15) is 0 Å². The molecule has 2 rings (SSSR count). The van der Waals surface area contributed by atoms with E-state index >= 15 is 0 Å². The molecule has 0 radical (unpaired) electrons. The number of rotatable bonds is 5.